The number of rotatable bonds is 4. The summed E-state index contributed by atoms with van der Waals surface area (Å²) in [7, 11) is 0. The summed E-state index contributed by atoms with van der Waals surface area (Å²) >= 11 is 3.49. The standard InChI is InChI=1S/C23H29BrN4O2/c1-13(2)18-10-5-14(3)11-19(18)30-22(29)20-15(4)27-23-25-12-26-28(23)21(20)16-6-8-17(24)9-7-16/h6-9,12-14,18-19,21H,5,10-11H2,1-4H3,(H,25,26,27). The van der Waals surface area contributed by atoms with E-state index in [1.807, 2.05) is 31.2 Å². The molecule has 6 nitrogen and oxygen atoms in total. The summed E-state index contributed by atoms with van der Waals surface area (Å²) in [6.45, 7) is 8.60. The van der Waals surface area contributed by atoms with Gasteiger partial charge in [0.1, 0.15) is 18.5 Å². The summed E-state index contributed by atoms with van der Waals surface area (Å²) in [6.07, 6.45) is 4.68. The van der Waals surface area contributed by atoms with Gasteiger partial charge in [0.15, 0.2) is 0 Å². The Bertz CT molecular complexity index is 950. The second-order valence-electron chi connectivity index (χ2n) is 8.92. The number of anilines is 1. The summed E-state index contributed by atoms with van der Waals surface area (Å²) in [5.41, 5.74) is 2.32. The van der Waals surface area contributed by atoms with E-state index in [0.29, 0.717) is 29.3 Å². The lowest BCUT2D eigenvalue weighted by Crippen LogP contribution is -2.38. The molecule has 1 N–H and O–H groups in total. The van der Waals surface area contributed by atoms with E-state index in [9.17, 15) is 4.79 Å². The first-order valence-electron chi connectivity index (χ1n) is 10.7. The predicted molar refractivity (Wildman–Crippen MR) is 120 cm³/mol. The third kappa shape index (κ3) is 4.04. The normalized spacial score (nSPS) is 26.3. The highest BCUT2D eigenvalue weighted by molar-refractivity contribution is 9.10. The Morgan fingerprint density at radius 3 is 2.70 bits per heavy atom. The quantitative estimate of drug-likeness (QED) is 0.608. The molecule has 1 saturated carbocycles. The van der Waals surface area contributed by atoms with Crippen molar-refractivity contribution in [2.24, 2.45) is 17.8 Å². The average molecular weight is 473 g/mol. The van der Waals surface area contributed by atoms with Crippen molar-refractivity contribution in [3.8, 4) is 0 Å². The Kier molecular flexibility index (Phi) is 6.00. The van der Waals surface area contributed by atoms with E-state index >= 15 is 0 Å². The summed E-state index contributed by atoms with van der Waals surface area (Å²) in [5.74, 6) is 1.82. The van der Waals surface area contributed by atoms with E-state index in [2.05, 4.69) is 52.1 Å². The first-order chi connectivity index (χ1) is 14.3. The van der Waals surface area contributed by atoms with Crippen LogP contribution in [0.1, 0.15) is 58.6 Å². The first-order valence-corrected chi connectivity index (χ1v) is 11.5. The SMILES string of the molecule is CC1=C(C(=O)OC2CC(C)CCC2C(C)C)C(c2ccc(Br)cc2)n2ncnc2N1. The van der Waals surface area contributed by atoms with Gasteiger partial charge in [0.05, 0.1) is 5.57 Å². The van der Waals surface area contributed by atoms with Gasteiger partial charge in [0.2, 0.25) is 5.95 Å². The molecule has 0 radical (unpaired) electrons. The maximum absolute atomic E-state index is 13.5. The van der Waals surface area contributed by atoms with Gasteiger partial charge in [-0.05, 0) is 55.2 Å². The van der Waals surface area contributed by atoms with Crippen LogP contribution >= 0.6 is 15.9 Å². The van der Waals surface area contributed by atoms with Crippen molar-refractivity contribution in [1.82, 2.24) is 14.8 Å². The van der Waals surface area contributed by atoms with Gasteiger partial charge in [0, 0.05) is 10.2 Å². The summed E-state index contributed by atoms with van der Waals surface area (Å²) in [6, 6.07) is 7.59. The zero-order chi connectivity index (χ0) is 21.4. The Morgan fingerprint density at radius 1 is 1.27 bits per heavy atom. The van der Waals surface area contributed by atoms with Crippen LogP contribution in [-0.4, -0.2) is 26.8 Å². The number of nitrogens with zero attached hydrogens (tertiary/aromatic N) is 3. The lowest BCUT2D eigenvalue weighted by atomic mass is 9.75. The molecule has 1 aliphatic carbocycles. The Balaban J connectivity index is 1.68. The van der Waals surface area contributed by atoms with Crippen LogP contribution < -0.4 is 5.32 Å². The number of esters is 1. The molecule has 160 valence electrons. The highest BCUT2D eigenvalue weighted by atomic mass is 79.9. The van der Waals surface area contributed by atoms with Gasteiger partial charge in [-0.3, -0.25) is 0 Å². The van der Waals surface area contributed by atoms with Crippen LogP contribution in [0.15, 0.2) is 46.3 Å². The fourth-order valence-electron chi connectivity index (χ4n) is 4.76. The molecule has 1 aromatic carbocycles. The Hall–Kier alpha value is -2.15. The third-order valence-electron chi connectivity index (χ3n) is 6.42. The van der Waals surface area contributed by atoms with E-state index in [-0.39, 0.29) is 18.1 Å². The Morgan fingerprint density at radius 2 is 2.00 bits per heavy atom. The molecule has 2 heterocycles. The van der Waals surface area contributed by atoms with Crippen LogP contribution in [0.25, 0.3) is 0 Å². The van der Waals surface area contributed by atoms with E-state index in [4.69, 9.17) is 4.74 Å². The minimum atomic E-state index is -0.372. The molecule has 7 heteroatoms. The van der Waals surface area contributed by atoms with Gasteiger partial charge >= 0.3 is 5.97 Å². The fourth-order valence-corrected chi connectivity index (χ4v) is 5.02. The van der Waals surface area contributed by atoms with Crippen molar-refractivity contribution in [3.05, 3.63) is 51.9 Å². The number of allylic oxidation sites excluding steroid dienone is 1. The van der Waals surface area contributed by atoms with Crippen LogP contribution in [0.2, 0.25) is 0 Å². The molecule has 1 aromatic heterocycles. The van der Waals surface area contributed by atoms with E-state index in [0.717, 1.165) is 28.6 Å². The van der Waals surface area contributed by atoms with Crippen LogP contribution in [-0.2, 0) is 9.53 Å². The topological polar surface area (TPSA) is 69.0 Å². The number of hydrogen-bond acceptors (Lipinski definition) is 5. The average Bonchev–Trinajstić information content (AvgIpc) is 3.15. The number of halogens is 1. The molecule has 1 fully saturated rings. The Labute approximate surface area is 186 Å². The molecule has 4 atom stereocenters. The monoisotopic (exact) mass is 472 g/mol. The van der Waals surface area contributed by atoms with Crippen molar-refractivity contribution in [2.75, 3.05) is 5.32 Å². The number of aromatic nitrogens is 3. The third-order valence-corrected chi connectivity index (χ3v) is 6.95. The molecule has 0 saturated heterocycles. The largest absolute Gasteiger partial charge is 0.459 e. The van der Waals surface area contributed by atoms with E-state index < -0.39 is 0 Å². The van der Waals surface area contributed by atoms with Crippen molar-refractivity contribution in [3.63, 3.8) is 0 Å². The lowest BCUT2D eigenvalue weighted by Gasteiger charge is -2.37. The molecule has 2 aliphatic rings. The summed E-state index contributed by atoms with van der Waals surface area (Å²) < 4.78 is 8.95. The lowest BCUT2D eigenvalue weighted by molar-refractivity contribution is -0.151. The molecule has 30 heavy (non-hydrogen) atoms. The molecule has 4 unspecified atom stereocenters. The highest BCUT2D eigenvalue weighted by Crippen LogP contribution is 2.39. The van der Waals surface area contributed by atoms with Gasteiger partial charge in [-0.2, -0.15) is 10.1 Å². The number of hydrogen-bond donors (Lipinski definition) is 1. The molecule has 2 aromatic rings. The van der Waals surface area contributed by atoms with Crippen LogP contribution in [0.5, 0.6) is 0 Å². The van der Waals surface area contributed by atoms with Crippen LogP contribution in [0, 0.1) is 17.8 Å². The minimum absolute atomic E-state index is 0.0516. The molecule has 4 rings (SSSR count). The number of nitrogens with one attached hydrogen (secondary N) is 1. The van der Waals surface area contributed by atoms with Crippen molar-refractivity contribution in [1.29, 1.82) is 0 Å². The zero-order valence-corrected chi connectivity index (χ0v) is 19.5. The number of carbonyl (C=O) groups excluding carboxylic acids is 1. The minimum Gasteiger partial charge on any atom is -0.459 e. The summed E-state index contributed by atoms with van der Waals surface area (Å²) in [5, 5.41) is 7.62. The van der Waals surface area contributed by atoms with Gasteiger partial charge in [-0.1, -0.05) is 55.3 Å². The molecule has 0 spiro atoms. The van der Waals surface area contributed by atoms with E-state index in [1.54, 1.807) is 4.68 Å². The maximum atomic E-state index is 13.5. The number of benzene rings is 1. The van der Waals surface area contributed by atoms with Crippen molar-refractivity contribution < 1.29 is 9.53 Å². The molecule has 0 amide bonds. The van der Waals surface area contributed by atoms with Crippen molar-refractivity contribution >= 4 is 27.8 Å². The van der Waals surface area contributed by atoms with E-state index in [1.165, 1.54) is 12.7 Å². The zero-order valence-electron chi connectivity index (χ0n) is 17.9. The number of carbonyl (C=O) groups is 1. The van der Waals surface area contributed by atoms with Gasteiger partial charge in [-0.25, -0.2) is 9.48 Å². The molecule has 0 bridgehead atoms. The van der Waals surface area contributed by atoms with Gasteiger partial charge in [-0.15, -0.1) is 0 Å². The van der Waals surface area contributed by atoms with Crippen LogP contribution in [0.4, 0.5) is 5.95 Å². The highest BCUT2D eigenvalue weighted by Gasteiger charge is 2.38. The van der Waals surface area contributed by atoms with Crippen molar-refractivity contribution in [2.45, 2.75) is 59.1 Å². The maximum Gasteiger partial charge on any atom is 0.338 e. The van der Waals surface area contributed by atoms with Crippen LogP contribution in [0.3, 0.4) is 0 Å². The predicted octanol–water partition coefficient (Wildman–Crippen LogP) is 5.33. The fraction of sp³-hybridized carbons (Fsp3) is 0.522. The second-order valence-corrected chi connectivity index (χ2v) is 9.83. The second kappa shape index (κ2) is 8.53. The molecular weight excluding hydrogens is 444 g/mol. The summed E-state index contributed by atoms with van der Waals surface area (Å²) in [4.78, 5) is 17.8. The molecular formula is C23H29BrN4O2. The number of fused-ring (bicyclic) bond motifs is 1. The molecule has 1 aliphatic heterocycles. The number of ether oxygens (including phenoxy) is 1. The van der Waals surface area contributed by atoms with Gasteiger partial charge < -0.3 is 10.1 Å². The first kappa shape index (κ1) is 21.1. The smallest absolute Gasteiger partial charge is 0.338 e. The van der Waals surface area contributed by atoms with Gasteiger partial charge in [0.25, 0.3) is 0 Å².